The van der Waals surface area contributed by atoms with Gasteiger partial charge in [-0.1, -0.05) is 24.3 Å². The van der Waals surface area contributed by atoms with Crippen LogP contribution in [0.1, 0.15) is 16.5 Å². The second-order valence-corrected chi connectivity index (χ2v) is 5.83. The molecule has 0 radical (unpaired) electrons. The Bertz CT molecular complexity index is 644. The van der Waals surface area contributed by atoms with Crippen LogP contribution in [0.2, 0.25) is 0 Å². The van der Waals surface area contributed by atoms with Crippen molar-refractivity contribution in [3.05, 3.63) is 52.2 Å². The number of para-hydroxylation sites is 1. The molecule has 1 aromatic heterocycles. The predicted octanol–water partition coefficient (Wildman–Crippen LogP) is 2.03. The molecule has 1 unspecified atom stereocenters. The van der Waals surface area contributed by atoms with Gasteiger partial charge in [0.2, 0.25) is 5.91 Å². The van der Waals surface area contributed by atoms with Gasteiger partial charge in [0.05, 0.1) is 0 Å². The van der Waals surface area contributed by atoms with E-state index in [-0.39, 0.29) is 5.91 Å². The summed E-state index contributed by atoms with van der Waals surface area (Å²) in [5.74, 6) is -1.35. The molecule has 2 atom stereocenters. The average Bonchev–Trinajstić information content (AvgIpc) is 3.12. The second kappa shape index (κ2) is 5.57. The van der Waals surface area contributed by atoms with E-state index in [1.807, 2.05) is 24.3 Å². The van der Waals surface area contributed by atoms with Crippen molar-refractivity contribution in [1.29, 1.82) is 0 Å². The molecular weight excluding hydrogens is 288 g/mol. The number of hydrogen-bond acceptors (Lipinski definition) is 4. The molecule has 2 heterocycles. The lowest BCUT2D eigenvalue weighted by molar-refractivity contribution is -0.142. The minimum atomic E-state index is -1.05. The molecular formula is C15H14N2O3S. The lowest BCUT2D eigenvalue weighted by Crippen LogP contribution is -2.42. The van der Waals surface area contributed by atoms with E-state index in [2.05, 4.69) is 10.6 Å². The SMILES string of the molecule is O=C(O)C(NC(=O)[C@@H]1Cc2ccccc2N1)c1cccs1. The molecule has 1 amide bonds. The standard InChI is InChI=1S/C15H14N2O3S/c18-14(11-8-9-4-1-2-5-10(9)16-11)17-13(15(19)20)12-6-3-7-21-12/h1-7,11,13,16H,8H2,(H,17,18)(H,19,20)/t11-,13?/m0/s1. The van der Waals surface area contributed by atoms with E-state index in [9.17, 15) is 14.7 Å². The molecule has 0 spiro atoms. The van der Waals surface area contributed by atoms with Crippen LogP contribution in [0.3, 0.4) is 0 Å². The lowest BCUT2D eigenvalue weighted by atomic mass is 10.1. The molecule has 21 heavy (non-hydrogen) atoms. The summed E-state index contributed by atoms with van der Waals surface area (Å²) in [6.45, 7) is 0. The molecule has 6 heteroatoms. The quantitative estimate of drug-likeness (QED) is 0.807. The molecule has 0 bridgehead atoms. The Morgan fingerprint density at radius 3 is 2.76 bits per heavy atom. The Kier molecular flexibility index (Phi) is 3.62. The van der Waals surface area contributed by atoms with Gasteiger partial charge in [-0.3, -0.25) is 4.79 Å². The monoisotopic (exact) mass is 302 g/mol. The number of amides is 1. The van der Waals surface area contributed by atoms with Crippen LogP contribution in [-0.4, -0.2) is 23.0 Å². The number of hydrogen-bond donors (Lipinski definition) is 3. The fourth-order valence-corrected chi connectivity index (χ4v) is 3.18. The Balaban J connectivity index is 1.71. The second-order valence-electron chi connectivity index (χ2n) is 4.85. The number of rotatable bonds is 4. The number of carbonyl (C=O) groups is 2. The van der Waals surface area contributed by atoms with Crippen molar-refractivity contribution in [3.8, 4) is 0 Å². The molecule has 1 aromatic carbocycles. The zero-order valence-electron chi connectivity index (χ0n) is 11.1. The summed E-state index contributed by atoms with van der Waals surface area (Å²) in [6, 6.07) is 9.75. The van der Waals surface area contributed by atoms with E-state index in [0.29, 0.717) is 11.3 Å². The third-order valence-corrected chi connectivity index (χ3v) is 4.39. The van der Waals surface area contributed by atoms with Gasteiger partial charge in [0.25, 0.3) is 0 Å². The number of thiophene rings is 1. The summed E-state index contributed by atoms with van der Waals surface area (Å²) < 4.78 is 0. The van der Waals surface area contributed by atoms with Gasteiger partial charge < -0.3 is 15.7 Å². The fourth-order valence-electron chi connectivity index (χ4n) is 2.41. The van der Waals surface area contributed by atoms with Gasteiger partial charge in [-0.15, -0.1) is 11.3 Å². The van der Waals surface area contributed by atoms with Crippen molar-refractivity contribution in [3.63, 3.8) is 0 Å². The van der Waals surface area contributed by atoms with E-state index >= 15 is 0 Å². The summed E-state index contributed by atoms with van der Waals surface area (Å²) >= 11 is 1.32. The maximum absolute atomic E-state index is 12.3. The van der Waals surface area contributed by atoms with Crippen molar-refractivity contribution >= 4 is 28.9 Å². The number of carbonyl (C=O) groups excluding carboxylic acids is 1. The van der Waals surface area contributed by atoms with Crippen molar-refractivity contribution in [1.82, 2.24) is 5.32 Å². The van der Waals surface area contributed by atoms with Crippen LogP contribution in [0, 0.1) is 0 Å². The molecule has 1 aliphatic heterocycles. The van der Waals surface area contributed by atoms with Crippen molar-refractivity contribution in [2.24, 2.45) is 0 Å². The molecule has 0 saturated heterocycles. The van der Waals surface area contributed by atoms with Crippen molar-refractivity contribution in [2.45, 2.75) is 18.5 Å². The number of nitrogens with one attached hydrogen (secondary N) is 2. The van der Waals surface area contributed by atoms with Crippen LogP contribution in [0.4, 0.5) is 5.69 Å². The molecule has 3 N–H and O–H groups in total. The Morgan fingerprint density at radius 1 is 1.29 bits per heavy atom. The third-order valence-electron chi connectivity index (χ3n) is 3.45. The van der Waals surface area contributed by atoms with Gasteiger partial charge >= 0.3 is 5.97 Å². The summed E-state index contributed by atoms with van der Waals surface area (Å²) in [5, 5.41) is 16.8. The zero-order chi connectivity index (χ0) is 14.8. The fraction of sp³-hybridized carbons (Fsp3) is 0.200. The topological polar surface area (TPSA) is 78.4 Å². The van der Waals surface area contributed by atoms with Crippen molar-refractivity contribution in [2.75, 3.05) is 5.32 Å². The maximum atomic E-state index is 12.3. The number of carboxylic acids is 1. The predicted molar refractivity (Wildman–Crippen MR) is 80.4 cm³/mol. The first-order valence-corrected chi connectivity index (χ1v) is 7.44. The van der Waals surface area contributed by atoms with Crippen LogP contribution >= 0.6 is 11.3 Å². The van der Waals surface area contributed by atoms with Gasteiger partial charge in [-0.2, -0.15) is 0 Å². The average molecular weight is 302 g/mol. The number of benzene rings is 1. The van der Waals surface area contributed by atoms with Gasteiger partial charge in [0.15, 0.2) is 6.04 Å². The highest BCUT2D eigenvalue weighted by molar-refractivity contribution is 7.10. The molecule has 3 rings (SSSR count). The van der Waals surface area contributed by atoms with E-state index in [0.717, 1.165) is 11.3 Å². The Hall–Kier alpha value is -2.34. The van der Waals surface area contributed by atoms with Crippen molar-refractivity contribution < 1.29 is 14.7 Å². The molecule has 0 saturated carbocycles. The van der Waals surface area contributed by atoms with E-state index in [1.165, 1.54) is 11.3 Å². The lowest BCUT2D eigenvalue weighted by Gasteiger charge is -2.17. The van der Waals surface area contributed by atoms with Crippen LogP contribution in [-0.2, 0) is 16.0 Å². The molecule has 5 nitrogen and oxygen atoms in total. The van der Waals surface area contributed by atoms with Gasteiger partial charge in [-0.05, 0) is 23.1 Å². The summed E-state index contributed by atoms with van der Waals surface area (Å²) in [4.78, 5) is 24.2. The highest BCUT2D eigenvalue weighted by atomic mass is 32.1. The number of fused-ring (bicyclic) bond motifs is 1. The third kappa shape index (κ3) is 2.75. The number of aliphatic carboxylic acids is 1. The van der Waals surface area contributed by atoms with Gasteiger partial charge in [0, 0.05) is 17.0 Å². The van der Waals surface area contributed by atoms with Gasteiger partial charge in [0.1, 0.15) is 6.04 Å². The first-order chi connectivity index (χ1) is 10.1. The summed E-state index contributed by atoms with van der Waals surface area (Å²) in [6.07, 6.45) is 0.568. The molecule has 0 aliphatic carbocycles. The minimum absolute atomic E-state index is 0.299. The maximum Gasteiger partial charge on any atom is 0.331 e. The van der Waals surface area contributed by atoms with Gasteiger partial charge in [-0.25, -0.2) is 4.79 Å². The molecule has 108 valence electrons. The first kappa shape index (κ1) is 13.6. The minimum Gasteiger partial charge on any atom is -0.479 e. The zero-order valence-corrected chi connectivity index (χ0v) is 11.9. The van der Waals surface area contributed by atoms with E-state index < -0.39 is 18.1 Å². The smallest absolute Gasteiger partial charge is 0.331 e. The molecule has 1 aliphatic rings. The van der Waals surface area contributed by atoms with Crippen LogP contribution in [0.15, 0.2) is 41.8 Å². The molecule has 2 aromatic rings. The van der Waals surface area contributed by atoms with Crippen LogP contribution in [0.5, 0.6) is 0 Å². The first-order valence-electron chi connectivity index (χ1n) is 6.56. The number of anilines is 1. The normalized spacial score (nSPS) is 17.6. The Morgan fingerprint density at radius 2 is 2.10 bits per heavy atom. The van der Waals surface area contributed by atoms with Crippen LogP contribution in [0.25, 0.3) is 0 Å². The Labute approximate surface area is 125 Å². The van der Waals surface area contributed by atoms with E-state index in [4.69, 9.17) is 0 Å². The largest absolute Gasteiger partial charge is 0.479 e. The highest BCUT2D eigenvalue weighted by Gasteiger charge is 2.30. The molecule has 0 fully saturated rings. The van der Waals surface area contributed by atoms with Crippen LogP contribution < -0.4 is 10.6 Å². The summed E-state index contributed by atoms with van der Waals surface area (Å²) in [7, 11) is 0. The van der Waals surface area contributed by atoms with E-state index in [1.54, 1.807) is 17.5 Å². The highest BCUT2D eigenvalue weighted by Crippen LogP contribution is 2.26. The summed E-state index contributed by atoms with van der Waals surface area (Å²) in [5.41, 5.74) is 2.00. The number of carboxylic acid groups (broad SMARTS) is 1.